The van der Waals surface area contributed by atoms with E-state index in [1.54, 1.807) is 0 Å². The second-order valence-corrected chi connectivity index (χ2v) is 6.59. The second kappa shape index (κ2) is 5.83. The summed E-state index contributed by atoms with van der Waals surface area (Å²) in [7, 11) is -3.38. The van der Waals surface area contributed by atoms with Crippen LogP contribution in [0.3, 0.4) is 0 Å². The summed E-state index contributed by atoms with van der Waals surface area (Å²) in [4.78, 5) is 12.2. The monoisotopic (exact) mass is 327 g/mol. The maximum atomic E-state index is 13.7. The Morgan fingerprint density at radius 1 is 1.14 bits per heavy atom. The number of carbonyl (C=O) groups excluding carboxylic acids is 1. The fraction of sp³-hybridized carbons (Fsp3) is 0.0714. The highest BCUT2D eigenvalue weighted by molar-refractivity contribution is 7.92. The average molecular weight is 328 g/mol. The van der Waals surface area contributed by atoms with Gasteiger partial charge in [-0.2, -0.15) is 0 Å². The van der Waals surface area contributed by atoms with Gasteiger partial charge in [-0.25, -0.2) is 12.8 Å². The number of halogens is 2. The molecule has 21 heavy (non-hydrogen) atoms. The molecular formula is C14H11ClFNO3S. The number of carbonyl (C=O) groups is 1. The highest BCUT2D eigenvalue weighted by Gasteiger charge is 2.14. The van der Waals surface area contributed by atoms with Gasteiger partial charge >= 0.3 is 0 Å². The number of anilines is 1. The summed E-state index contributed by atoms with van der Waals surface area (Å²) < 4.78 is 38.1. The number of sulfonamides is 1. The van der Waals surface area contributed by atoms with E-state index in [4.69, 9.17) is 11.6 Å². The van der Waals surface area contributed by atoms with E-state index >= 15 is 0 Å². The SMILES string of the molecule is CS(=O)(=O)Nc1ccc(C(=O)c2ccc(Cl)cc2F)cc1. The molecule has 0 spiro atoms. The zero-order valence-electron chi connectivity index (χ0n) is 10.9. The number of benzene rings is 2. The van der Waals surface area contributed by atoms with Crippen LogP contribution in [0.4, 0.5) is 10.1 Å². The highest BCUT2D eigenvalue weighted by atomic mass is 35.5. The van der Waals surface area contributed by atoms with Gasteiger partial charge in [0.15, 0.2) is 5.78 Å². The van der Waals surface area contributed by atoms with E-state index in [1.165, 1.54) is 36.4 Å². The predicted octanol–water partition coefficient (Wildman–Crippen LogP) is 3.08. The molecule has 2 aromatic carbocycles. The zero-order chi connectivity index (χ0) is 15.6. The Kier molecular flexibility index (Phi) is 4.29. The van der Waals surface area contributed by atoms with Crippen molar-refractivity contribution in [2.75, 3.05) is 11.0 Å². The molecule has 0 aliphatic heterocycles. The zero-order valence-corrected chi connectivity index (χ0v) is 12.5. The quantitative estimate of drug-likeness (QED) is 0.878. The van der Waals surface area contributed by atoms with Gasteiger partial charge in [0.05, 0.1) is 11.8 Å². The fourth-order valence-electron chi connectivity index (χ4n) is 1.73. The Morgan fingerprint density at radius 3 is 2.29 bits per heavy atom. The van der Waals surface area contributed by atoms with Crippen LogP contribution >= 0.6 is 11.6 Å². The van der Waals surface area contributed by atoms with Crippen LogP contribution in [-0.2, 0) is 10.0 Å². The van der Waals surface area contributed by atoms with Gasteiger partial charge in [-0.05, 0) is 42.5 Å². The van der Waals surface area contributed by atoms with Gasteiger partial charge in [0.1, 0.15) is 5.82 Å². The van der Waals surface area contributed by atoms with Crippen molar-refractivity contribution in [3.05, 3.63) is 64.4 Å². The average Bonchev–Trinajstić information content (AvgIpc) is 2.37. The Labute approximate surface area is 126 Å². The maximum Gasteiger partial charge on any atom is 0.229 e. The molecule has 0 saturated carbocycles. The van der Waals surface area contributed by atoms with Crippen molar-refractivity contribution in [2.45, 2.75) is 0 Å². The molecule has 0 aliphatic rings. The summed E-state index contributed by atoms with van der Waals surface area (Å²) in [5.41, 5.74) is 0.476. The first-order valence-corrected chi connectivity index (χ1v) is 8.11. The van der Waals surface area contributed by atoms with Crippen LogP contribution in [0.15, 0.2) is 42.5 Å². The number of rotatable bonds is 4. The summed E-state index contributed by atoms with van der Waals surface area (Å²) in [6.07, 6.45) is 1.02. The molecule has 1 N–H and O–H groups in total. The summed E-state index contributed by atoms with van der Waals surface area (Å²) in [6.45, 7) is 0. The van der Waals surface area contributed by atoms with E-state index in [-0.39, 0.29) is 16.1 Å². The molecule has 0 fully saturated rings. The molecule has 2 aromatic rings. The standard InChI is InChI=1S/C14H11ClFNO3S/c1-21(19,20)17-11-5-2-9(3-6-11)14(18)12-7-4-10(15)8-13(12)16/h2-8,17H,1H3. The Bertz CT molecular complexity index is 788. The van der Waals surface area contributed by atoms with Gasteiger partial charge in [-0.3, -0.25) is 9.52 Å². The molecule has 0 amide bonds. The van der Waals surface area contributed by atoms with Crippen LogP contribution < -0.4 is 4.72 Å². The molecule has 110 valence electrons. The normalized spacial score (nSPS) is 11.2. The summed E-state index contributed by atoms with van der Waals surface area (Å²) in [5, 5.41) is 0.205. The van der Waals surface area contributed by atoms with Crippen molar-refractivity contribution in [1.29, 1.82) is 0 Å². The topological polar surface area (TPSA) is 63.2 Å². The third kappa shape index (κ3) is 4.03. The molecule has 0 unspecified atom stereocenters. The first-order chi connectivity index (χ1) is 9.76. The van der Waals surface area contributed by atoms with Crippen LogP contribution in [-0.4, -0.2) is 20.5 Å². The summed E-state index contributed by atoms with van der Waals surface area (Å²) in [6, 6.07) is 9.51. The molecular weight excluding hydrogens is 317 g/mol. The van der Waals surface area contributed by atoms with Crippen LogP contribution in [0.2, 0.25) is 5.02 Å². The Balaban J connectivity index is 2.28. The molecule has 0 radical (unpaired) electrons. The lowest BCUT2D eigenvalue weighted by Gasteiger charge is -2.06. The van der Waals surface area contributed by atoms with Crippen molar-refractivity contribution in [3.8, 4) is 0 Å². The van der Waals surface area contributed by atoms with E-state index in [1.807, 2.05) is 0 Å². The summed E-state index contributed by atoms with van der Waals surface area (Å²) >= 11 is 5.63. The maximum absolute atomic E-state index is 13.7. The molecule has 0 heterocycles. The largest absolute Gasteiger partial charge is 0.288 e. The van der Waals surface area contributed by atoms with Gasteiger partial charge in [-0.1, -0.05) is 11.6 Å². The minimum Gasteiger partial charge on any atom is -0.288 e. The predicted molar refractivity (Wildman–Crippen MR) is 79.8 cm³/mol. The van der Waals surface area contributed by atoms with E-state index in [9.17, 15) is 17.6 Å². The molecule has 4 nitrogen and oxygen atoms in total. The van der Waals surface area contributed by atoms with E-state index in [0.29, 0.717) is 5.69 Å². The molecule has 2 rings (SSSR count). The fourth-order valence-corrected chi connectivity index (χ4v) is 2.46. The van der Waals surface area contributed by atoms with Crippen LogP contribution in [0.5, 0.6) is 0 Å². The van der Waals surface area contributed by atoms with Gasteiger partial charge in [0.25, 0.3) is 0 Å². The molecule has 7 heteroatoms. The van der Waals surface area contributed by atoms with Crippen molar-refractivity contribution in [3.63, 3.8) is 0 Å². The van der Waals surface area contributed by atoms with Gasteiger partial charge in [0, 0.05) is 16.3 Å². The molecule has 0 atom stereocenters. The third-order valence-electron chi connectivity index (χ3n) is 2.63. The lowest BCUT2D eigenvalue weighted by Crippen LogP contribution is -2.10. The Hall–Kier alpha value is -1.92. The second-order valence-electron chi connectivity index (χ2n) is 4.40. The van der Waals surface area contributed by atoms with Crippen molar-refractivity contribution < 1.29 is 17.6 Å². The van der Waals surface area contributed by atoms with Crippen LogP contribution in [0.1, 0.15) is 15.9 Å². The van der Waals surface area contributed by atoms with Gasteiger partial charge in [-0.15, -0.1) is 0 Å². The minimum absolute atomic E-state index is 0.0942. The van der Waals surface area contributed by atoms with E-state index in [2.05, 4.69) is 4.72 Å². The van der Waals surface area contributed by atoms with E-state index < -0.39 is 21.6 Å². The first kappa shape index (κ1) is 15.5. The minimum atomic E-state index is -3.38. The van der Waals surface area contributed by atoms with Gasteiger partial charge in [0.2, 0.25) is 10.0 Å². The van der Waals surface area contributed by atoms with Crippen LogP contribution in [0.25, 0.3) is 0 Å². The number of hydrogen-bond donors (Lipinski definition) is 1. The Morgan fingerprint density at radius 2 is 1.76 bits per heavy atom. The van der Waals surface area contributed by atoms with Crippen molar-refractivity contribution >= 4 is 33.1 Å². The molecule has 0 aliphatic carbocycles. The molecule has 0 saturated heterocycles. The highest BCUT2D eigenvalue weighted by Crippen LogP contribution is 2.19. The van der Waals surface area contributed by atoms with Crippen molar-refractivity contribution in [1.82, 2.24) is 0 Å². The molecule has 0 bridgehead atoms. The van der Waals surface area contributed by atoms with Crippen molar-refractivity contribution in [2.24, 2.45) is 0 Å². The first-order valence-electron chi connectivity index (χ1n) is 5.84. The summed E-state index contributed by atoms with van der Waals surface area (Å²) in [5.74, 6) is -1.21. The number of ketones is 1. The van der Waals surface area contributed by atoms with E-state index in [0.717, 1.165) is 12.3 Å². The third-order valence-corrected chi connectivity index (χ3v) is 3.47. The lowest BCUT2D eigenvalue weighted by atomic mass is 10.0. The van der Waals surface area contributed by atoms with Gasteiger partial charge < -0.3 is 0 Å². The molecule has 0 aromatic heterocycles. The smallest absolute Gasteiger partial charge is 0.229 e. The van der Waals surface area contributed by atoms with Crippen LogP contribution in [0, 0.1) is 5.82 Å². The number of hydrogen-bond acceptors (Lipinski definition) is 3. The lowest BCUT2D eigenvalue weighted by molar-refractivity contribution is 0.103. The number of nitrogens with one attached hydrogen (secondary N) is 1.